The van der Waals surface area contributed by atoms with Gasteiger partial charge in [-0.15, -0.1) is 11.6 Å². The highest BCUT2D eigenvalue weighted by atomic mass is 35.5. The minimum atomic E-state index is -4.27. The lowest BCUT2D eigenvalue weighted by molar-refractivity contribution is -0.928. The number of hydrogen-bond acceptors (Lipinski definition) is 3. The van der Waals surface area contributed by atoms with Crippen LogP contribution in [-0.4, -0.2) is 49.5 Å². The summed E-state index contributed by atoms with van der Waals surface area (Å²) in [6.07, 6.45) is 12.1. The largest absolute Gasteiger partial charge is 0.744 e. The number of unbranched alkanes of at least 4 members (excludes halogenated alkanes) is 5. The Hall–Kier alpha value is -0.620. The van der Waals surface area contributed by atoms with Crippen LogP contribution >= 0.6 is 11.6 Å². The molecule has 0 spiro atoms. The zero-order chi connectivity index (χ0) is 22.9. The Morgan fingerprint density at radius 2 is 1.23 bits per heavy atom. The molecule has 6 heteroatoms. The quantitative estimate of drug-likeness (QED) is 0.129. The van der Waals surface area contributed by atoms with Crippen molar-refractivity contribution in [1.29, 1.82) is 0 Å². The predicted octanol–water partition coefficient (Wildman–Crippen LogP) is 6.51. The van der Waals surface area contributed by atoms with E-state index in [2.05, 4.69) is 20.8 Å². The summed E-state index contributed by atoms with van der Waals surface area (Å²) in [6.45, 7) is 14.2. The molecule has 1 aromatic rings. The highest BCUT2D eigenvalue weighted by Crippen LogP contribution is 2.17. The molecule has 0 aliphatic carbocycles. The first-order chi connectivity index (χ1) is 14.2. The van der Waals surface area contributed by atoms with Crippen molar-refractivity contribution in [1.82, 2.24) is 0 Å². The van der Waals surface area contributed by atoms with Crippen LogP contribution in [0.1, 0.15) is 84.1 Å². The number of alkyl halides is 1. The van der Waals surface area contributed by atoms with E-state index in [0.29, 0.717) is 0 Å². The third-order valence-electron chi connectivity index (χ3n) is 5.53. The average molecular weight is 462 g/mol. The van der Waals surface area contributed by atoms with Crippen LogP contribution < -0.4 is 0 Å². The van der Waals surface area contributed by atoms with Gasteiger partial charge in [0.1, 0.15) is 10.1 Å². The lowest BCUT2D eigenvalue weighted by Crippen LogP contribution is -2.50. The van der Waals surface area contributed by atoms with Crippen LogP contribution in [0.3, 0.4) is 0 Å². The molecule has 0 saturated carbocycles. The van der Waals surface area contributed by atoms with Gasteiger partial charge >= 0.3 is 0 Å². The van der Waals surface area contributed by atoms with Gasteiger partial charge in [-0.05, 0) is 44.7 Å². The second-order valence-electron chi connectivity index (χ2n) is 8.31. The van der Waals surface area contributed by atoms with Crippen molar-refractivity contribution in [2.45, 2.75) is 90.4 Å². The molecule has 0 aromatic heterocycles. The summed E-state index contributed by atoms with van der Waals surface area (Å²) in [5.41, 5.74) is 0.928. The summed E-state index contributed by atoms with van der Waals surface area (Å²) in [5.74, 6) is 0.827. The summed E-state index contributed by atoms with van der Waals surface area (Å²) in [6, 6.07) is 5.78. The molecule has 0 aliphatic heterocycles. The Bertz CT molecular complexity index is 611. The molecular weight excluding hydrogens is 418 g/mol. The maximum atomic E-state index is 10.4. The van der Waals surface area contributed by atoms with E-state index < -0.39 is 10.1 Å². The third-order valence-corrected chi connectivity index (χ3v) is 6.65. The van der Waals surface area contributed by atoms with Gasteiger partial charge < -0.3 is 9.04 Å². The Labute approximate surface area is 191 Å². The van der Waals surface area contributed by atoms with E-state index in [-0.39, 0.29) is 4.90 Å². The molecule has 176 valence electrons. The molecule has 0 bridgehead atoms. The smallest absolute Gasteiger partial charge is 0.124 e. The molecule has 0 N–H and O–H groups in total. The van der Waals surface area contributed by atoms with Gasteiger partial charge in [0.15, 0.2) is 0 Å². The van der Waals surface area contributed by atoms with E-state index in [4.69, 9.17) is 11.6 Å². The minimum absolute atomic E-state index is 0.178. The number of rotatable bonds is 15. The van der Waals surface area contributed by atoms with Crippen molar-refractivity contribution < 1.29 is 17.5 Å². The van der Waals surface area contributed by atoms with Gasteiger partial charge in [0.2, 0.25) is 0 Å². The van der Waals surface area contributed by atoms with Crippen molar-refractivity contribution >= 4 is 21.7 Å². The number of benzene rings is 1. The maximum Gasteiger partial charge on any atom is 0.124 e. The molecule has 0 heterocycles. The summed E-state index contributed by atoms with van der Waals surface area (Å²) < 4.78 is 32.5. The van der Waals surface area contributed by atoms with Gasteiger partial charge in [-0.3, -0.25) is 0 Å². The van der Waals surface area contributed by atoms with Crippen LogP contribution in [0.5, 0.6) is 0 Å². The van der Waals surface area contributed by atoms with Crippen molar-refractivity contribution in [2.75, 3.05) is 32.1 Å². The van der Waals surface area contributed by atoms with Gasteiger partial charge in [0.05, 0.1) is 31.1 Å². The van der Waals surface area contributed by atoms with Crippen molar-refractivity contribution in [3.05, 3.63) is 29.8 Å². The monoisotopic (exact) mass is 461 g/mol. The predicted molar refractivity (Wildman–Crippen MR) is 128 cm³/mol. The molecule has 0 fully saturated rings. The minimum Gasteiger partial charge on any atom is -0.744 e. The maximum absolute atomic E-state index is 10.4. The topological polar surface area (TPSA) is 57.2 Å². The normalized spacial score (nSPS) is 11.8. The number of halogens is 1. The van der Waals surface area contributed by atoms with E-state index in [9.17, 15) is 13.0 Å². The van der Waals surface area contributed by atoms with Gasteiger partial charge in [-0.25, -0.2) is 8.42 Å². The van der Waals surface area contributed by atoms with Crippen LogP contribution in [0.4, 0.5) is 0 Å². The fourth-order valence-corrected chi connectivity index (χ4v) is 4.22. The van der Waals surface area contributed by atoms with Gasteiger partial charge in [-0.2, -0.15) is 0 Å². The molecule has 0 amide bonds. The van der Waals surface area contributed by atoms with Crippen LogP contribution in [0.15, 0.2) is 29.2 Å². The van der Waals surface area contributed by atoms with E-state index >= 15 is 0 Å². The third kappa shape index (κ3) is 13.6. The molecular formula is C24H44ClNO3S. The first-order valence-electron chi connectivity index (χ1n) is 11.7. The van der Waals surface area contributed by atoms with Gasteiger partial charge in [0, 0.05) is 12.3 Å². The zero-order valence-electron chi connectivity index (χ0n) is 19.7. The number of quaternary nitrogens is 1. The van der Waals surface area contributed by atoms with Crippen LogP contribution in [0.2, 0.25) is 0 Å². The SMILES string of the molecule is CCCCCC[N+](CCCC)(CCCC)CCCCl.Cc1ccc(S(=O)(=O)[O-])cc1. The lowest BCUT2D eigenvalue weighted by Gasteiger charge is -2.39. The van der Waals surface area contributed by atoms with E-state index in [1.54, 1.807) is 12.1 Å². The van der Waals surface area contributed by atoms with Crippen molar-refractivity contribution in [3.8, 4) is 0 Å². The Morgan fingerprint density at radius 1 is 0.767 bits per heavy atom. The van der Waals surface area contributed by atoms with Gasteiger partial charge in [0.25, 0.3) is 0 Å². The molecule has 0 radical (unpaired) electrons. The molecule has 30 heavy (non-hydrogen) atoms. The second-order valence-corrected chi connectivity index (χ2v) is 10.1. The van der Waals surface area contributed by atoms with Crippen LogP contribution in [-0.2, 0) is 10.1 Å². The molecule has 0 saturated heterocycles. The Morgan fingerprint density at radius 3 is 1.67 bits per heavy atom. The molecule has 1 rings (SSSR count). The Kier molecular flexibility index (Phi) is 16.6. The number of nitrogens with zero attached hydrogens (tertiary/aromatic N) is 1. The Balaban J connectivity index is 0.000000642. The summed E-state index contributed by atoms with van der Waals surface area (Å²) in [7, 11) is -4.27. The molecule has 0 aliphatic rings. The first kappa shape index (κ1) is 29.4. The highest BCUT2D eigenvalue weighted by molar-refractivity contribution is 7.85. The van der Waals surface area contributed by atoms with Gasteiger partial charge in [-0.1, -0.05) is 64.2 Å². The fraction of sp³-hybridized carbons (Fsp3) is 0.750. The van der Waals surface area contributed by atoms with Crippen molar-refractivity contribution in [2.24, 2.45) is 0 Å². The van der Waals surface area contributed by atoms with E-state index in [0.717, 1.165) is 11.4 Å². The number of hydrogen-bond donors (Lipinski definition) is 0. The fourth-order valence-electron chi connectivity index (χ4n) is 3.63. The standard InChI is InChI=1S/C17H37ClN.C7H8O3S/c1-4-7-10-11-16-19(14-8-5-2,15-9-6-3)17-12-13-18;1-6-2-4-7(5-3-6)11(8,9)10/h4-17H2,1-3H3;2-5H,1H3,(H,8,9,10)/q+1;/p-1. The average Bonchev–Trinajstić information content (AvgIpc) is 2.72. The molecule has 1 aromatic carbocycles. The molecule has 0 unspecified atom stereocenters. The van der Waals surface area contributed by atoms with Crippen LogP contribution in [0, 0.1) is 6.92 Å². The highest BCUT2D eigenvalue weighted by Gasteiger charge is 2.25. The second kappa shape index (κ2) is 17.0. The van der Waals surface area contributed by atoms with Crippen LogP contribution in [0.25, 0.3) is 0 Å². The number of aryl methyl sites for hydroxylation is 1. The zero-order valence-corrected chi connectivity index (χ0v) is 21.2. The molecule has 4 nitrogen and oxygen atoms in total. The first-order valence-corrected chi connectivity index (χ1v) is 13.6. The van der Waals surface area contributed by atoms with E-state index in [1.807, 2.05) is 6.92 Å². The molecule has 0 atom stereocenters. The lowest BCUT2D eigenvalue weighted by atomic mass is 10.1. The summed E-state index contributed by atoms with van der Waals surface area (Å²) >= 11 is 5.95. The summed E-state index contributed by atoms with van der Waals surface area (Å²) in [4.78, 5) is -0.178. The summed E-state index contributed by atoms with van der Waals surface area (Å²) in [5, 5.41) is 0. The van der Waals surface area contributed by atoms with E-state index in [1.165, 1.54) is 101 Å². The van der Waals surface area contributed by atoms with Crippen molar-refractivity contribution in [3.63, 3.8) is 0 Å².